The number of carbonyl (C=O) groups is 1. The van der Waals surface area contributed by atoms with Crippen molar-refractivity contribution in [2.45, 2.75) is 12.8 Å². The van der Waals surface area contributed by atoms with Gasteiger partial charge in [-0.15, -0.1) is 0 Å². The molecule has 7 heteroatoms. The van der Waals surface area contributed by atoms with Crippen molar-refractivity contribution in [1.82, 2.24) is 4.98 Å². The third kappa shape index (κ3) is 2.85. The molecule has 16 heavy (non-hydrogen) atoms. The van der Waals surface area contributed by atoms with Gasteiger partial charge in [-0.2, -0.15) is 4.39 Å². The van der Waals surface area contributed by atoms with Crippen LogP contribution in [0.3, 0.4) is 0 Å². The Kier molecular flexibility index (Phi) is 4.12. The van der Waals surface area contributed by atoms with Crippen LogP contribution in [0.4, 0.5) is 13.2 Å². The van der Waals surface area contributed by atoms with Gasteiger partial charge in [0, 0.05) is 5.56 Å². The molecule has 0 aliphatic rings. The van der Waals surface area contributed by atoms with Gasteiger partial charge in [-0.25, -0.2) is 13.8 Å². The minimum atomic E-state index is -2.93. The Morgan fingerprint density at radius 1 is 1.62 bits per heavy atom. The molecule has 0 fully saturated rings. The number of nitrogens with zero attached hydrogens (tertiary/aromatic N) is 1. The smallest absolute Gasteiger partial charge is 0.311 e. The van der Waals surface area contributed by atoms with Crippen molar-refractivity contribution in [3.8, 4) is 0 Å². The minimum Gasteiger partial charge on any atom is -0.469 e. The Bertz CT molecular complexity index is 412. The fraction of sp³-hybridized carbons (Fsp3) is 0.333. The number of methoxy groups -OCH3 is 1. The zero-order valence-electron chi connectivity index (χ0n) is 8.14. The molecule has 0 aliphatic heterocycles. The average Bonchev–Trinajstić information content (AvgIpc) is 2.22. The molecular formula is C9H7ClF3NO2. The first-order chi connectivity index (χ1) is 7.45. The van der Waals surface area contributed by atoms with E-state index >= 15 is 0 Å². The lowest BCUT2D eigenvalue weighted by atomic mass is 10.2. The topological polar surface area (TPSA) is 39.2 Å². The van der Waals surface area contributed by atoms with Crippen molar-refractivity contribution in [2.24, 2.45) is 0 Å². The number of halogens is 4. The van der Waals surface area contributed by atoms with Crippen LogP contribution in [0.2, 0.25) is 5.02 Å². The van der Waals surface area contributed by atoms with Gasteiger partial charge in [0.1, 0.15) is 5.02 Å². The molecule has 0 amide bonds. The SMILES string of the molecule is COC(=O)Cc1cc(C(F)F)c(Cl)c(F)n1. The Hall–Kier alpha value is -1.30. The third-order valence-electron chi connectivity index (χ3n) is 1.79. The van der Waals surface area contributed by atoms with Gasteiger partial charge in [-0.3, -0.25) is 4.79 Å². The fourth-order valence-corrected chi connectivity index (χ4v) is 1.22. The number of aromatic nitrogens is 1. The van der Waals surface area contributed by atoms with Gasteiger partial charge in [0.05, 0.1) is 19.2 Å². The van der Waals surface area contributed by atoms with Gasteiger partial charge in [0.2, 0.25) is 5.95 Å². The van der Waals surface area contributed by atoms with Gasteiger partial charge < -0.3 is 4.74 Å². The standard InChI is InChI=1S/C9H7ClF3NO2/c1-16-6(15)3-4-2-5(8(11)12)7(10)9(13)14-4/h2,8H,3H2,1H3. The maximum Gasteiger partial charge on any atom is 0.311 e. The van der Waals surface area contributed by atoms with Crippen LogP contribution in [0.5, 0.6) is 0 Å². The highest BCUT2D eigenvalue weighted by atomic mass is 35.5. The molecule has 0 atom stereocenters. The van der Waals surface area contributed by atoms with Gasteiger partial charge in [-0.1, -0.05) is 11.6 Å². The third-order valence-corrected chi connectivity index (χ3v) is 2.16. The molecular weight excluding hydrogens is 247 g/mol. The van der Waals surface area contributed by atoms with Crippen molar-refractivity contribution >= 4 is 17.6 Å². The lowest BCUT2D eigenvalue weighted by Crippen LogP contribution is -2.08. The molecule has 3 nitrogen and oxygen atoms in total. The molecule has 0 bridgehead atoms. The summed E-state index contributed by atoms with van der Waals surface area (Å²) in [6.45, 7) is 0. The van der Waals surface area contributed by atoms with E-state index in [1.54, 1.807) is 0 Å². The number of carbonyl (C=O) groups excluding carboxylic acids is 1. The van der Waals surface area contributed by atoms with Crippen molar-refractivity contribution in [3.05, 3.63) is 28.3 Å². The van der Waals surface area contributed by atoms with Crippen LogP contribution >= 0.6 is 11.6 Å². The Morgan fingerprint density at radius 2 is 2.25 bits per heavy atom. The monoisotopic (exact) mass is 253 g/mol. The summed E-state index contributed by atoms with van der Waals surface area (Å²) in [6.07, 6.45) is -3.31. The van der Waals surface area contributed by atoms with Gasteiger partial charge >= 0.3 is 5.97 Å². The van der Waals surface area contributed by atoms with Gasteiger partial charge in [-0.05, 0) is 6.07 Å². The van der Waals surface area contributed by atoms with Gasteiger partial charge in [0.15, 0.2) is 0 Å². The second kappa shape index (κ2) is 5.16. The van der Waals surface area contributed by atoms with Crippen LogP contribution in [0.1, 0.15) is 17.7 Å². The lowest BCUT2D eigenvalue weighted by Gasteiger charge is -2.06. The predicted octanol–water partition coefficient (Wildman–Crippen LogP) is 2.53. The molecule has 1 rings (SSSR count). The molecule has 0 radical (unpaired) electrons. The lowest BCUT2D eigenvalue weighted by molar-refractivity contribution is -0.139. The maximum absolute atomic E-state index is 13.0. The molecule has 88 valence electrons. The summed E-state index contributed by atoms with van der Waals surface area (Å²) in [6, 6.07) is 0.882. The van der Waals surface area contributed by atoms with Crippen LogP contribution in [0.25, 0.3) is 0 Å². The summed E-state index contributed by atoms with van der Waals surface area (Å²) < 4.78 is 42.2. The van der Waals surface area contributed by atoms with Crippen LogP contribution in [0, 0.1) is 5.95 Å². The van der Waals surface area contributed by atoms with E-state index in [0.717, 1.165) is 13.2 Å². The number of rotatable bonds is 3. The minimum absolute atomic E-state index is 0.149. The van der Waals surface area contributed by atoms with Crippen molar-refractivity contribution in [1.29, 1.82) is 0 Å². The molecule has 0 saturated heterocycles. The second-order valence-electron chi connectivity index (χ2n) is 2.86. The maximum atomic E-state index is 13.0. The molecule has 0 aromatic carbocycles. The van der Waals surface area contributed by atoms with E-state index in [2.05, 4.69) is 9.72 Å². The summed E-state index contributed by atoms with van der Waals surface area (Å²) in [7, 11) is 1.13. The van der Waals surface area contributed by atoms with E-state index in [4.69, 9.17) is 11.6 Å². The van der Waals surface area contributed by atoms with E-state index in [1.165, 1.54) is 0 Å². The largest absolute Gasteiger partial charge is 0.469 e. The summed E-state index contributed by atoms with van der Waals surface area (Å²) >= 11 is 5.30. The van der Waals surface area contributed by atoms with E-state index in [-0.39, 0.29) is 12.1 Å². The highest BCUT2D eigenvalue weighted by molar-refractivity contribution is 6.31. The number of hydrogen-bond donors (Lipinski definition) is 0. The Morgan fingerprint density at radius 3 is 2.75 bits per heavy atom. The Labute approximate surface area is 94.2 Å². The molecule has 1 heterocycles. The second-order valence-corrected chi connectivity index (χ2v) is 3.24. The predicted molar refractivity (Wildman–Crippen MR) is 49.9 cm³/mol. The van der Waals surface area contributed by atoms with Crippen molar-refractivity contribution in [2.75, 3.05) is 7.11 Å². The first-order valence-corrected chi connectivity index (χ1v) is 4.53. The normalized spacial score (nSPS) is 10.6. The first kappa shape index (κ1) is 12.8. The summed E-state index contributed by atoms with van der Waals surface area (Å²) in [5.41, 5.74) is -0.836. The van der Waals surface area contributed by atoms with Crippen LogP contribution in [0.15, 0.2) is 6.07 Å². The number of alkyl halides is 2. The molecule has 1 aromatic heterocycles. The van der Waals surface area contributed by atoms with Crippen LogP contribution < -0.4 is 0 Å². The van der Waals surface area contributed by atoms with E-state index in [9.17, 15) is 18.0 Å². The van der Waals surface area contributed by atoms with Crippen molar-refractivity contribution in [3.63, 3.8) is 0 Å². The van der Waals surface area contributed by atoms with Crippen LogP contribution in [-0.4, -0.2) is 18.1 Å². The molecule has 1 aromatic rings. The zero-order valence-corrected chi connectivity index (χ0v) is 8.89. The molecule has 0 N–H and O–H groups in total. The Balaban J connectivity index is 3.09. The van der Waals surface area contributed by atoms with E-state index in [0.29, 0.717) is 0 Å². The van der Waals surface area contributed by atoms with Crippen molar-refractivity contribution < 1.29 is 22.7 Å². The molecule has 0 aliphatic carbocycles. The number of esters is 1. The fourth-order valence-electron chi connectivity index (χ4n) is 1.04. The van der Waals surface area contributed by atoms with Gasteiger partial charge in [0.25, 0.3) is 6.43 Å². The molecule has 0 unspecified atom stereocenters. The summed E-state index contributed by atoms with van der Waals surface area (Å²) in [5, 5.41) is -0.733. The summed E-state index contributed by atoms with van der Waals surface area (Å²) in [4.78, 5) is 14.1. The molecule has 0 saturated carbocycles. The highest BCUT2D eigenvalue weighted by Gasteiger charge is 2.19. The average molecular weight is 254 g/mol. The quantitative estimate of drug-likeness (QED) is 0.614. The molecule has 0 spiro atoms. The first-order valence-electron chi connectivity index (χ1n) is 4.15. The summed E-state index contributed by atoms with van der Waals surface area (Å²) in [5.74, 6) is -1.92. The number of ether oxygens (including phenoxy) is 1. The number of pyridine rings is 1. The highest BCUT2D eigenvalue weighted by Crippen LogP contribution is 2.28. The van der Waals surface area contributed by atoms with Crippen LogP contribution in [-0.2, 0) is 16.0 Å². The van der Waals surface area contributed by atoms with E-state index in [1.807, 2.05) is 0 Å². The van der Waals surface area contributed by atoms with E-state index < -0.39 is 28.9 Å². The zero-order chi connectivity index (χ0) is 12.3. The number of hydrogen-bond acceptors (Lipinski definition) is 3.